The maximum absolute atomic E-state index is 12.5. The first-order valence-corrected chi connectivity index (χ1v) is 9.61. The number of hydrogen-bond donors (Lipinski definition) is 1. The number of nitrogens with zero attached hydrogens (tertiary/aromatic N) is 3. The summed E-state index contributed by atoms with van der Waals surface area (Å²) in [5.41, 5.74) is 4.81. The van der Waals surface area contributed by atoms with Crippen molar-refractivity contribution < 1.29 is 9.59 Å². The standard InChI is InChI=1S/C23H26N4O2/c1-17-21(18(2)27(25-17)20-12-8-5-9-13-20)16-26(3)23(29)15-24-22(28)14-19-10-6-4-7-11-19/h4-13H,14-16H2,1-3H3,(H,24,28). The molecule has 0 fully saturated rings. The lowest BCUT2D eigenvalue weighted by molar-refractivity contribution is -0.132. The molecule has 150 valence electrons. The molecular formula is C23H26N4O2. The SMILES string of the molecule is Cc1nn(-c2ccccc2)c(C)c1CN(C)C(=O)CNC(=O)Cc1ccccc1. The fraction of sp³-hybridized carbons (Fsp3) is 0.261. The summed E-state index contributed by atoms with van der Waals surface area (Å²) in [4.78, 5) is 26.2. The van der Waals surface area contributed by atoms with Crippen molar-refractivity contribution in [2.75, 3.05) is 13.6 Å². The quantitative estimate of drug-likeness (QED) is 0.675. The predicted octanol–water partition coefficient (Wildman–Crippen LogP) is 2.81. The van der Waals surface area contributed by atoms with E-state index in [4.69, 9.17) is 0 Å². The second-order valence-corrected chi connectivity index (χ2v) is 7.09. The summed E-state index contributed by atoms with van der Waals surface area (Å²) in [6.45, 7) is 4.37. The molecule has 0 aliphatic rings. The second kappa shape index (κ2) is 9.19. The lowest BCUT2D eigenvalue weighted by atomic mass is 10.1. The summed E-state index contributed by atoms with van der Waals surface area (Å²) in [6.07, 6.45) is 0.264. The monoisotopic (exact) mass is 390 g/mol. The number of para-hydroxylation sites is 1. The van der Waals surface area contributed by atoms with Gasteiger partial charge in [-0.15, -0.1) is 0 Å². The van der Waals surface area contributed by atoms with Gasteiger partial charge < -0.3 is 10.2 Å². The van der Waals surface area contributed by atoms with Gasteiger partial charge in [-0.3, -0.25) is 9.59 Å². The Morgan fingerprint density at radius 1 is 1.00 bits per heavy atom. The number of carbonyl (C=O) groups is 2. The first-order valence-electron chi connectivity index (χ1n) is 9.61. The Hall–Kier alpha value is -3.41. The van der Waals surface area contributed by atoms with Crippen molar-refractivity contribution in [1.29, 1.82) is 0 Å². The summed E-state index contributed by atoms with van der Waals surface area (Å²) in [6, 6.07) is 19.4. The largest absolute Gasteiger partial charge is 0.347 e. The number of nitrogens with one attached hydrogen (secondary N) is 1. The van der Waals surface area contributed by atoms with E-state index in [-0.39, 0.29) is 24.8 Å². The van der Waals surface area contributed by atoms with E-state index in [0.29, 0.717) is 6.54 Å². The van der Waals surface area contributed by atoms with Gasteiger partial charge in [0.05, 0.1) is 24.3 Å². The summed E-state index contributed by atoms with van der Waals surface area (Å²) < 4.78 is 1.89. The highest BCUT2D eigenvalue weighted by Gasteiger charge is 2.17. The van der Waals surface area contributed by atoms with Crippen LogP contribution in [0.25, 0.3) is 5.69 Å². The Morgan fingerprint density at radius 2 is 1.62 bits per heavy atom. The van der Waals surface area contributed by atoms with Crippen LogP contribution < -0.4 is 5.32 Å². The van der Waals surface area contributed by atoms with Gasteiger partial charge in [0.2, 0.25) is 11.8 Å². The van der Waals surface area contributed by atoms with Crippen LogP contribution >= 0.6 is 0 Å². The zero-order chi connectivity index (χ0) is 20.8. The normalized spacial score (nSPS) is 10.6. The van der Waals surface area contributed by atoms with Gasteiger partial charge in [0.25, 0.3) is 0 Å². The van der Waals surface area contributed by atoms with Crippen molar-refractivity contribution in [1.82, 2.24) is 20.0 Å². The second-order valence-electron chi connectivity index (χ2n) is 7.09. The van der Waals surface area contributed by atoms with Crippen LogP contribution in [-0.2, 0) is 22.6 Å². The smallest absolute Gasteiger partial charge is 0.242 e. The van der Waals surface area contributed by atoms with E-state index in [2.05, 4.69) is 10.4 Å². The van der Waals surface area contributed by atoms with Crippen LogP contribution in [0.1, 0.15) is 22.5 Å². The molecule has 0 bridgehead atoms. The molecule has 0 aliphatic carbocycles. The highest BCUT2D eigenvalue weighted by molar-refractivity contribution is 5.85. The number of likely N-dealkylation sites (N-methyl/N-ethyl adjacent to an activating group) is 1. The number of carbonyl (C=O) groups excluding carboxylic acids is 2. The summed E-state index contributed by atoms with van der Waals surface area (Å²) in [7, 11) is 1.74. The van der Waals surface area contributed by atoms with Crippen molar-refractivity contribution in [3.8, 4) is 5.69 Å². The minimum atomic E-state index is -0.165. The molecule has 6 heteroatoms. The molecule has 0 unspecified atom stereocenters. The molecule has 1 heterocycles. The molecule has 1 N–H and O–H groups in total. The van der Waals surface area contributed by atoms with Crippen molar-refractivity contribution in [2.24, 2.45) is 0 Å². The lowest BCUT2D eigenvalue weighted by Gasteiger charge is -2.18. The van der Waals surface area contributed by atoms with Crippen molar-refractivity contribution in [3.05, 3.63) is 83.2 Å². The van der Waals surface area contributed by atoms with E-state index in [0.717, 1.165) is 28.2 Å². The molecule has 6 nitrogen and oxygen atoms in total. The van der Waals surface area contributed by atoms with Gasteiger partial charge in [-0.2, -0.15) is 5.10 Å². The maximum atomic E-state index is 12.5. The van der Waals surface area contributed by atoms with E-state index in [1.807, 2.05) is 79.2 Å². The third-order valence-corrected chi connectivity index (χ3v) is 4.91. The van der Waals surface area contributed by atoms with E-state index >= 15 is 0 Å². The van der Waals surface area contributed by atoms with Gasteiger partial charge >= 0.3 is 0 Å². The third kappa shape index (κ3) is 5.10. The first kappa shape index (κ1) is 20.3. The van der Waals surface area contributed by atoms with Crippen molar-refractivity contribution >= 4 is 11.8 Å². The molecule has 0 aliphatic heterocycles. The van der Waals surface area contributed by atoms with Crippen LogP contribution in [0.3, 0.4) is 0 Å². The average Bonchev–Trinajstić information content (AvgIpc) is 3.01. The van der Waals surface area contributed by atoms with Gasteiger partial charge in [0.15, 0.2) is 0 Å². The van der Waals surface area contributed by atoms with Gasteiger partial charge in [0.1, 0.15) is 0 Å². The Bertz CT molecular complexity index is 981. The maximum Gasteiger partial charge on any atom is 0.242 e. The fourth-order valence-electron chi connectivity index (χ4n) is 3.20. The molecule has 0 atom stereocenters. The van der Waals surface area contributed by atoms with Crippen molar-refractivity contribution in [3.63, 3.8) is 0 Å². The zero-order valence-electron chi connectivity index (χ0n) is 17.1. The lowest BCUT2D eigenvalue weighted by Crippen LogP contribution is -2.38. The topological polar surface area (TPSA) is 67.2 Å². The van der Waals surface area contributed by atoms with Gasteiger partial charge in [-0.05, 0) is 31.5 Å². The number of aryl methyl sites for hydroxylation is 1. The van der Waals surface area contributed by atoms with Crippen LogP contribution in [0.5, 0.6) is 0 Å². The van der Waals surface area contributed by atoms with E-state index in [9.17, 15) is 9.59 Å². The molecule has 0 radical (unpaired) electrons. The molecule has 2 amide bonds. The Kier molecular flexibility index (Phi) is 6.44. The number of rotatable bonds is 7. The molecule has 3 rings (SSSR count). The summed E-state index contributed by atoms with van der Waals surface area (Å²) in [5.74, 6) is -0.306. The molecular weight excluding hydrogens is 364 g/mol. The van der Waals surface area contributed by atoms with Crippen LogP contribution in [-0.4, -0.2) is 40.1 Å². The van der Waals surface area contributed by atoms with Gasteiger partial charge in [0, 0.05) is 24.8 Å². The minimum Gasteiger partial charge on any atom is -0.347 e. The molecule has 3 aromatic rings. The highest BCUT2D eigenvalue weighted by Crippen LogP contribution is 2.19. The number of hydrogen-bond acceptors (Lipinski definition) is 3. The molecule has 2 aromatic carbocycles. The average molecular weight is 390 g/mol. The number of benzene rings is 2. The van der Waals surface area contributed by atoms with Crippen LogP contribution in [0, 0.1) is 13.8 Å². The number of aromatic nitrogens is 2. The molecule has 0 saturated heterocycles. The fourth-order valence-corrected chi connectivity index (χ4v) is 3.20. The minimum absolute atomic E-state index is 0.0207. The van der Waals surface area contributed by atoms with Crippen LogP contribution in [0.2, 0.25) is 0 Å². The van der Waals surface area contributed by atoms with Gasteiger partial charge in [-0.25, -0.2) is 4.68 Å². The molecule has 0 spiro atoms. The van der Waals surface area contributed by atoms with Crippen LogP contribution in [0.4, 0.5) is 0 Å². The Balaban J connectivity index is 1.58. The molecule has 29 heavy (non-hydrogen) atoms. The molecule has 0 saturated carbocycles. The van der Waals surface area contributed by atoms with E-state index in [1.54, 1.807) is 11.9 Å². The predicted molar refractivity (Wildman–Crippen MR) is 113 cm³/mol. The zero-order valence-corrected chi connectivity index (χ0v) is 17.1. The van der Waals surface area contributed by atoms with Crippen molar-refractivity contribution in [2.45, 2.75) is 26.8 Å². The Labute approximate surface area is 171 Å². The van der Waals surface area contributed by atoms with E-state index < -0.39 is 0 Å². The highest BCUT2D eigenvalue weighted by atomic mass is 16.2. The summed E-state index contributed by atoms with van der Waals surface area (Å²) in [5, 5.41) is 7.33. The first-order chi connectivity index (χ1) is 14.0. The third-order valence-electron chi connectivity index (χ3n) is 4.91. The molecule has 1 aromatic heterocycles. The summed E-state index contributed by atoms with van der Waals surface area (Å²) >= 11 is 0. The van der Waals surface area contributed by atoms with Gasteiger partial charge in [-0.1, -0.05) is 48.5 Å². The van der Waals surface area contributed by atoms with E-state index in [1.165, 1.54) is 0 Å². The number of amides is 2. The Morgan fingerprint density at radius 3 is 2.28 bits per heavy atom. The van der Waals surface area contributed by atoms with Crippen LogP contribution in [0.15, 0.2) is 60.7 Å².